The Morgan fingerprint density at radius 1 is 1.05 bits per heavy atom. The Balaban J connectivity index is 1.64. The zero-order valence-electron chi connectivity index (χ0n) is 26.8. The van der Waals surface area contributed by atoms with Gasteiger partial charge in [-0.3, -0.25) is 30.4 Å². The molecule has 0 spiro atoms. The van der Waals surface area contributed by atoms with Crippen molar-refractivity contribution in [3.63, 3.8) is 0 Å². The smallest absolute Gasteiger partial charge is 0.303 e. The SMILES string of the molecule is CC(C)CCC[C@@H](C)[C@H]1CCC2C(CC(=O)O)C([C@@]3(C)CC[C@H](O)C/C3=N\Nc3ccc([N+](=O)[O-])cc3[N+](=O)[O-])CC[C@@]21C. The Morgan fingerprint density at radius 2 is 1.77 bits per heavy atom. The summed E-state index contributed by atoms with van der Waals surface area (Å²) in [6, 6.07) is 3.37. The van der Waals surface area contributed by atoms with Gasteiger partial charge in [-0.05, 0) is 85.5 Å². The molecular formula is C33H50N4O7. The molecule has 0 aliphatic heterocycles. The second-order valence-electron chi connectivity index (χ2n) is 14.7. The van der Waals surface area contributed by atoms with Crippen LogP contribution in [0.4, 0.5) is 17.1 Å². The van der Waals surface area contributed by atoms with E-state index in [1.165, 1.54) is 31.4 Å². The third-order valence-electron chi connectivity index (χ3n) is 11.7. The Morgan fingerprint density at radius 3 is 2.41 bits per heavy atom. The summed E-state index contributed by atoms with van der Waals surface area (Å²) in [7, 11) is 0. The van der Waals surface area contributed by atoms with E-state index in [0.717, 1.165) is 31.7 Å². The number of carboxylic acid groups (broad SMARTS) is 1. The Labute approximate surface area is 260 Å². The van der Waals surface area contributed by atoms with E-state index < -0.39 is 38.7 Å². The van der Waals surface area contributed by atoms with Crippen molar-refractivity contribution >= 4 is 28.7 Å². The highest BCUT2D eigenvalue weighted by Crippen LogP contribution is 2.65. The molecule has 3 fully saturated rings. The quantitative estimate of drug-likeness (QED) is 0.158. The molecule has 8 atom stereocenters. The predicted octanol–water partition coefficient (Wildman–Crippen LogP) is 7.82. The summed E-state index contributed by atoms with van der Waals surface area (Å²) in [4.78, 5) is 33.9. The van der Waals surface area contributed by atoms with Gasteiger partial charge < -0.3 is 10.2 Å². The molecule has 3 aliphatic carbocycles. The number of anilines is 1. The fourth-order valence-electron chi connectivity index (χ4n) is 9.34. The molecule has 0 aromatic heterocycles. The first kappa shape index (κ1) is 33.8. The van der Waals surface area contributed by atoms with Gasteiger partial charge in [0.2, 0.25) is 0 Å². The Hall–Kier alpha value is -3.08. The van der Waals surface area contributed by atoms with Gasteiger partial charge in [0.25, 0.3) is 5.69 Å². The number of carboxylic acids is 1. The molecule has 0 heterocycles. The van der Waals surface area contributed by atoms with Crippen LogP contribution in [0.25, 0.3) is 0 Å². The van der Waals surface area contributed by atoms with Crippen molar-refractivity contribution in [3.05, 3.63) is 38.4 Å². The number of nitrogens with one attached hydrogen (secondary N) is 1. The number of hydrazone groups is 1. The van der Waals surface area contributed by atoms with Crippen LogP contribution in [0.15, 0.2) is 23.3 Å². The molecule has 3 unspecified atom stereocenters. The number of nitro groups is 2. The number of hydrogen-bond acceptors (Lipinski definition) is 8. The molecule has 3 N–H and O–H groups in total. The lowest BCUT2D eigenvalue weighted by atomic mass is 9.49. The molecule has 11 nitrogen and oxygen atoms in total. The van der Waals surface area contributed by atoms with Crippen LogP contribution < -0.4 is 5.43 Å². The molecule has 0 bridgehead atoms. The van der Waals surface area contributed by atoms with E-state index in [1.54, 1.807) is 0 Å². The molecule has 1 aromatic carbocycles. The normalized spacial score (nSPS) is 33.6. The van der Waals surface area contributed by atoms with Gasteiger partial charge in [0.1, 0.15) is 5.69 Å². The first-order valence-corrected chi connectivity index (χ1v) is 16.3. The molecule has 4 rings (SSSR count). The van der Waals surface area contributed by atoms with Crippen LogP contribution in [0.5, 0.6) is 0 Å². The maximum Gasteiger partial charge on any atom is 0.303 e. The Bertz CT molecular complexity index is 1270. The van der Waals surface area contributed by atoms with Gasteiger partial charge in [0, 0.05) is 30.0 Å². The van der Waals surface area contributed by atoms with Crippen molar-refractivity contribution < 1.29 is 24.9 Å². The van der Waals surface area contributed by atoms with Crippen LogP contribution in [0.1, 0.15) is 105 Å². The summed E-state index contributed by atoms with van der Waals surface area (Å²) in [5.41, 5.74) is 2.21. The second-order valence-corrected chi connectivity index (χ2v) is 14.7. The van der Waals surface area contributed by atoms with E-state index in [0.29, 0.717) is 36.3 Å². The minimum absolute atomic E-state index is 0.0268. The van der Waals surface area contributed by atoms with Gasteiger partial charge >= 0.3 is 11.7 Å². The first-order valence-electron chi connectivity index (χ1n) is 16.3. The third-order valence-corrected chi connectivity index (χ3v) is 11.7. The van der Waals surface area contributed by atoms with Gasteiger partial charge in [-0.2, -0.15) is 5.10 Å². The number of nitrogens with zero attached hydrogens (tertiary/aromatic N) is 3. The number of aliphatic carboxylic acids is 1. The van der Waals surface area contributed by atoms with E-state index in [2.05, 4.69) is 45.1 Å². The summed E-state index contributed by atoms with van der Waals surface area (Å²) in [5.74, 6) is 1.32. The minimum atomic E-state index is -0.796. The lowest BCUT2D eigenvalue weighted by Gasteiger charge is -2.55. The third kappa shape index (κ3) is 6.92. The molecule has 244 valence electrons. The molecule has 1 aromatic rings. The molecule has 0 amide bonds. The maximum absolute atomic E-state index is 12.3. The van der Waals surface area contributed by atoms with Crippen LogP contribution >= 0.6 is 0 Å². The molecule has 44 heavy (non-hydrogen) atoms. The van der Waals surface area contributed by atoms with Crippen molar-refractivity contribution in [2.75, 3.05) is 5.43 Å². The summed E-state index contributed by atoms with van der Waals surface area (Å²) >= 11 is 0. The molecule has 3 saturated carbocycles. The largest absolute Gasteiger partial charge is 0.481 e. The molecule has 11 heteroatoms. The van der Waals surface area contributed by atoms with Gasteiger partial charge in [0.05, 0.1) is 22.0 Å². The number of aliphatic hydroxyl groups excluding tert-OH is 1. The Kier molecular flexibility index (Phi) is 10.4. The van der Waals surface area contributed by atoms with E-state index in [9.17, 15) is 35.2 Å². The summed E-state index contributed by atoms with van der Waals surface area (Å²) < 4.78 is 0. The number of hydrogen-bond donors (Lipinski definition) is 3. The fraction of sp³-hybridized carbons (Fsp3) is 0.758. The lowest BCUT2D eigenvalue weighted by molar-refractivity contribution is -0.393. The van der Waals surface area contributed by atoms with Crippen molar-refractivity contribution in [2.24, 2.45) is 51.4 Å². The highest BCUT2D eigenvalue weighted by molar-refractivity contribution is 5.92. The minimum Gasteiger partial charge on any atom is -0.481 e. The average Bonchev–Trinajstić information content (AvgIpc) is 3.30. The summed E-state index contributed by atoms with van der Waals surface area (Å²) in [5, 5.41) is 48.3. The number of non-ortho nitro benzene ring substituents is 1. The zero-order valence-corrected chi connectivity index (χ0v) is 26.8. The first-order chi connectivity index (χ1) is 20.7. The van der Waals surface area contributed by atoms with E-state index in [4.69, 9.17) is 0 Å². The fourth-order valence-corrected chi connectivity index (χ4v) is 9.34. The highest BCUT2D eigenvalue weighted by atomic mass is 16.6. The predicted molar refractivity (Wildman–Crippen MR) is 169 cm³/mol. The summed E-state index contributed by atoms with van der Waals surface area (Å²) in [6.07, 6.45) is 8.61. The second kappa shape index (κ2) is 13.5. The van der Waals surface area contributed by atoms with E-state index in [1.807, 2.05) is 0 Å². The van der Waals surface area contributed by atoms with Crippen molar-refractivity contribution in [1.82, 2.24) is 0 Å². The van der Waals surface area contributed by atoms with E-state index in [-0.39, 0.29) is 41.7 Å². The van der Waals surface area contributed by atoms with Crippen LogP contribution in [0, 0.1) is 66.6 Å². The number of nitro benzene ring substituents is 2. The van der Waals surface area contributed by atoms with Gasteiger partial charge in [-0.1, -0.05) is 53.9 Å². The van der Waals surface area contributed by atoms with Crippen LogP contribution in [0.3, 0.4) is 0 Å². The number of benzene rings is 1. The standard InChI is InChI=1S/C33H50N4O7/c1-20(2)7-6-8-21(3)25-10-11-26-24(19-31(39)40)27(14-16-32(25,26)4)33(5)15-13-23(38)18-30(33)35-34-28-12-9-22(36(41)42)17-29(28)37(43)44/h9,12,17,20-21,23-27,34,38H,6-8,10-11,13-16,18-19H2,1-5H3,(H,39,40)/b35-30+/t21-,23+,24?,25-,26?,27?,32-,33-/m1/s1. The number of carbonyl (C=O) groups is 1. The molecule has 0 radical (unpaired) electrons. The monoisotopic (exact) mass is 614 g/mol. The van der Waals surface area contributed by atoms with Crippen molar-refractivity contribution in [2.45, 2.75) is 111 Å². The number of rotatable bonds is 12. The van der Waals surface area contributed by atoms with Gasteiger partial charge in [-0.25, -0.2) is 0 Å². The number of fused-ring (bicyclic) bond motifs is 1. The van der Waals surface area contributed by atoms with Crippen LogP contribution in [0.2, 0.25) is 0 Å². The van der Waals surface area contributed by atoms with Gasteiger partial charge in [-0.15, -0.1) is 0 Å². The molecular weight excluding hydrogens is 564 g/mol. The topological polar surface area (TPSA) is 168 Å². The van der Waals surface area contributed by atoms with Crippen molar-refractivity contribution in [1.29, 1.82) is 0 Å². The zero-order chi connectivity index (χ0) is 32.4. The van der Waals surface area contributed by atoms with E-state index >= 15 is 0 Å². The molecule has 0 saturated heterocycles. The van der Waals surface area contributed by atoms with Gasteiger partial charge in [0.15, 0.2) is 0 Å². The molecule has 3 aliphatic rings. The average molecular weight is 615 g/mol. The van der Waals surface area contributed by atoms with Crippen LogP contribution in [-0.4, -0.2) is 37.8 Å². The lowest BCUT2D eigenvalue weighted by Crippen LogP contribution is -2.52. The number of aliphatic hydroxyl groups is 1. The van der Waals surface area contributed by atoms with Crippen molar-refractivity contribution in [3.8, 4) is 0 Å². The maximum atomic E-state index is 12.3. The highest BCUT2D eigenvalue weighted by Gasteiger charge is 2.59. The van der Waals surface area contributed by atoms with Crippen LogP contribution in [-0.2, 0) is 4.79 Å². The summed E-state index contributed by atoms with van der Waals surface area (Å²) in [6.45, 7) is 11.4.